The maximum absolute atomic E-state index is 5.68. The fourth-order valence-electron chi connectivity index (χ4n) is 1.78. The Balaban J connectivity index is 2.86. The predicted octanol–water partition coefficient (Wildman–Crippen LogP) is 2.48. The van der Waals surface area contributed by atoms with Crippen LogP contribution in [-0.4, -0.2) is 18.1 Å². The summed E-state index contributed by atoms with van der Waals surface area (Å²) in [5.74, 6) is 1.07. The molecule has 0 bridgehead atoms. The van der Waals surface area contributed by atoms with Crippen molar-refractivity contribution >= 4 is 5.82 Å². The summed E-state index contributed by atoms with van der Waals surface area (Å²) in [4.78, 5) is 6.89. The van der Waals surface area contributed by atoms with E-state index in [-0.39, 0.29) is 0 Å². The van der Waals surface area contributed by atoms with Crippen LogP contribution in [0.1, 0.15) is 37.9 Å². The van der Waals surface area contributed by atoms with Crippen molar-refractivity contribution in [2.45, 2.75) is 40.2 Å². The lowest BCUT2D eigenvalue weighted by molar-refractivity contribution is 0.722. The molecule has 0 aliphatic rings. The second kappa shape index (κ2) is 6.48. The van der Waals surface area contributed by atoms with E-state index < -0.39 is 0 Å². The molecule has 3 nitrogen and oxygen atoms in total. The summed E-state index contributed by atoms with van der Waals surface area (Å²) >= 11 is 0. The van der Waals surface area contributed by atoms with E-state index in [1.165, 1.54) is 12.8 Å². The topological polar surface area (TPSA) is 42.1 Å². The lowest BCUT2D eigenvalue weighted by Crippen LogP contribution is -2.25. The van der Waals surface area contributed by atoms with Gasteiger partial charge in [0.1, 0.15) is 5.82 Å². The smallest absolute Gasteiger partial charge is 0.129 e. The fourth-order valence-corrected chi connectivity index (χ4v) is 1.78. The number of unbranched alkanes of at least 4 members (excludes halogenated alkanes) is 1. The van der Waals surface area contributed by atoms with Gasteiger partial charge in [-0.25, -0.2) is 4.98 Å². The van der Waals surface area contributed by atoms with E-state index in [4.69, 9.17) is 5.73 Å². The Kier molecular flexibility index (Phi) is 5.26. The Labute approximate surface area is 98.7 Å². The summed E-state index contributed by atoms with van der Waals surface area (Å²) < 4.78 is 0. The predicted molar refractivity (Wildman–Crippen MR) is 69.7 cm³/mol. The molecule has 0 unspecified atom stereocenters. The third kappa shape index (κ3) is 3.49. The van der Waals surface area contributed by atoms with Crippen LogP contribution in [0, 0.1) is 6.92 Å². The van der Waals surface area contributed by atoms with E-state index in [2.05, 4.69) is 35.9 Å². The standard InChI is InChI=1S/C13H23N3/c1-4-6-7-16(5-2)13-9-12(10-14)8-11(3)15-13/h8-9H,4-7,10,14H2,1-3H3. The van der Waals surface area contributed by atoms with Gasteiger partial charge in [-0.15, -0.1) is 0 Å². The molecule has 1 heterocycles. The van der Waals surface area contributed by atoms with Crippen LogP contribution in [0.2, 0.25) is 0 Å². The molecule has 1 rings (SSSR count). The van der Waals surface area contributed by atoms with Crippen LogP contribution in [-0.2, 0) is 6.54 Å². The van der Waals surface area contributed by atoms with E-state index >= 15 is 0 Å². The molecular weight excluding hydrogens is 198 g/mol. The quantitative estimate of drug-likeness (QED) is 0.802. The molecule has 0 radical (unpaired) electrons. The van der Waals surface area contributed by atoms with Crippen LogP contribution in [0.5, 0.6) is 0 Å². The third-order valence-corrected chi connectivity index (χ3v) is 2.72. The van der Waals surface area contributed by atoms with Crippen LogP contribution >= 0.6 is 0 Å². The van der Waals surface area contributed by atoms with Gasteiger partial charge in [0.25, 0.3) is 0 Å². The molecule has 1 aromatic heterocycles. The molecule has 90 valence electrons. The van der Waals surface area contributed by atoms with Crippen LogP contribution in [0.3, 0.4) is 0 Å². The summed E-state index contributed by atoms with van der Waals surface area (Å²) in [6.45, 7) is 9.07. The monoisotopic (exact) mass is 221 g/mol. The Morgan fingerprint density at radius 1 is 1.31 bits per heavy atom. The molecule has 0 saturated heterocycles. The Hall–Kier alpha value is -1.09. The normalized spacial score (nSPS) is 10.5. The lowest BCUT2D eigenvalue weighted by Gasteiger charge is -2.22. The van der Waals surface area contributed by atoms with Crippen LogP contribution in [0.15, 0.2) is 12.1 Å². The zero-order valence-electron chi connectivity index (χ0n) is 10.7. The highest BCUT2D eigenvalue weighted by Gasteiger charge is 2.06. The largest absolute Gasteiger partial charge is 0.357 e. The average Bonchev–Trinajstić information content (AvgIpc) is 2.29. The van der Waals surface area contributed by atoms with Gasteiger partial charge in [-0.3, -0.25) is 0 Å². The number of hydrogen-bond donors (Lipinski definition) is 1. The summed E-state index contributed by atoms with van der Waals surface area (Å²) in [5.41, 5.74) is 7.90. The first kappa shape index (κ1) is 13.0. The highest BCUT2D eigenvalue weighted by atomic mass is 15.2. The SMILES string of the molecule is CCCCN(CC)c1cc(CN)cc(C)n1. The first-order valence-corrected chi connectivity index (χ1v) is 6.13. The number of hydrogen-bond acceptors (Lipinski definition) is 3. The maximum atomic E-state index is 5.68. The van der Waals surface area contributed by atoms with Crippen molar-refractivity contribution in [1.82, 2.24) is 4.98 Å². The van der Waals surface area contributed by atoms with Crippen LogP contribution in [0.4, 0.5) is 5.82 Å². The molecule has 0 aliphatic heterocycles. The molecule has 2 N–H and O–H groups in total. The van der Waals surface area contributed by atoms with Crippen molar-refractivity contribution in [2.24, 2.45) is 5.73 Å². The number of pyridine rings is 1. The summed E-state index contributed by atoms with van der Waals surface area (Å²) in [7, 11) is 0. The Bertz CT molecular complexity index is 323. The van der Waals surface area contributed by atoms with Crippen molar-refractivity contribution in [2.75, 3.05) is 18.0 Å². The number of aromatic nitrogens is 1. The fraction of sp³-hybridized carbons (Fsp3) is 0.615. The van der Waals surface area contributed by atoms with Gasteiger partial charge in [0, 0.05) is 25.3 Å². The third-order valence-electron chi connectivity index (χ3n) is 2.72. The van der Waals surface area contributed by atoms with Gasteiger partial charge in [0.05, 0.1) is 0 Å². The van der Waals surface area contributed by atoms with Gasteiger partial charge in [-0.1, -0.05) is 13.3 Å². The molecular formula is C13H23N3. The minimum absolute atomic E-state index is 0.585. The zero-order valence-corrected chi connectivity index (χ0v) is 10.7. The Morgan fingerprint density at radius 3 is 2.62 bits per heavy atom. The zero-order chi connectivity index (χ0) is 12.0. The summed E-state index contributed by atoms with van der Waals surface area (Å²) in [6, 6.07) is 4.16. The first-order chi connectivity index (χ1) is 7.71. The molecule has 0 spiro atoms. The molecule has 3 heteroatoms. The van der Waals surface area contributed by atoms with Crippen molar-refractivity contribution in [3.8, 4) is 0 Å². The molecule has 0 amide bonds. The molecule has 0 atom stereocenters. The number of nitrogens with two attached hydrogens (primary N) is 1. The molecule has 16 heavy (non-hydrogen) atoms. The number of aryl methyl sites for hydroxylation is 1. The van der Waals surface area contributed by atoms with Crippen molar-refractivity contribution in [3.05, 3.63) is 23.4 Å². The second-order valence-electron chi connectivity index (χ2n) is 4.11. The van der Waals surface area contributed by atoms with Gasteiger partial charge in [-0.05, 0) is 38.0 Å². The molecule has 0 aliphatic carbocycles. The Morgan fingerprint density at radius 2 is 2.06 bits per heavy atom. The average molecular weight is 221 g/mol. The highest BCUT2D eigenvalue weighted by molar-refractivity contribution is 5.42. The molecule has 0 aromatic carbocycles. The highest BCUT2D eigenvalue weighted by Crippen LogP contribution is 2.15. The summed E-state index contributed by atoms with van der Waals surface area (Å²) in [5, 5.41) is 0. The summed E-state index contributed by atoms with van der Waals surface area (Å²) in [6.07, 6.45) is 2.42. The van der Waals surface area contributed by atoms with E-state index in [0.717, 1.165) is 30.2 Å². The van der Waals surface area contributed by atoms with Crippen molar-refractivity contribution in [3.63, 3.8) is 0 Å². The lowest BCUT2D eigenvalue weighted by atomic mass is 10.2. The van der Waals surface area contributed by atoms with E-state index in [1.54, 1.807) is 0 Å². The van der Waals surface area contributed by atoms with Gasteiger partial charge in [-0.2, -0.15) is 0 Å². The van der Waals surface area contributed by atoms with Crippen molar-refractivity contribution in [1.29, 1.82) is 0 Å². The second-order valence-corrected chi connectivity index (χ2v) is 4.11. The number of nitrogens with zero attached hydrogens (tertiary/aromatic N) is 2. The van der Waals surface area contributed by atoms with Gasteiger partial charge < -0.3 is 10.6 Å². The van der Waals surface area contributed by atoms with Gasteiger partial charge in [0.15, 0.2) is 0 Å². The minimum atomic E-state index is 0.585. The van der Waals surface area contributed by atoms with Crippen LogP contribution in [0.25, 0.3) is 0 Å². The van der Waals surface area contributed by atoms with Crippen LogP contribution < -0.4 is 10.6 Å². The molecule has 0 saturated carbocycles. The van der Waals surface area contributed by atoms with Crippen molar-refractivity contribution < 1.29 is 0 Å². The van der Waals surface area contributed by atoms with E-state index in [1.807, 2.05) is 6.92 Å². The van der Waals surface area contributed by atoms with Gasteiger partial charge in [0.2, 0.25) is 0 Å². The van der Waals surface area contributed by atoms with Gasteiger partial charge >= 0.3 is 0 Å². The van der Waals surface area contributed by atoms with E-state index in [9.17, 15) is 0 Å². The molecule has 1 aromatic rings. The first-order valence-electron chi connectivity index (χ1n) is 6.13. The number of anilines is 1. The van der Waals surface area contributed by atoms with E-state index in [0.29, 0.717) is 6.54 Å². The number of rotatable bonds is 6. The minimum Gasteiger partial charge on any atom is -0.357 e. The molecule has 0 fully saturated rings. The maximum Gasteiger partial charge on any atom is 0.129 e.